The molecule has 27 heavy (non-hydrogen) atoms. The van der Waals surface area contributed by atoms with Crippen LogP contribution in [-0.4, -0.2) is 33.0 Å². The van der Waals surface area contributed by atoms with E-state index in [1.807, 2.05) is 6.20 Å². The molecule has 0 bridgehead atoms. The number of benzene rings is 2. The fourth-order valence-corrected chi connectivity index (χ4v) is 3.61. The number of aryl methyl sites for hydroxylation is 1. The molecule has 6 heteroatoms. The van der Waals surface area contributed by atoms with Gasteiger partial charge in [-0.2, -0.15) is 0 Å². The first-order valence-corrected chi connectivity index (χ1v) is 9.03. The summed E-state index contributed by atoms with van der Waals surface area (Å²) in [6.45, 7) is 5.36. The molecule has 0 atom stereocenters. The first-order chi connectivity index (χ1) is 12.3. The minimum Gasteiger partial charge on any atom is -0.299 e. The number of likely N-dealkylation sites (tertiary alicyclic amines) is 1. The Hall–Kier alpha value is -1.88. The Bertz CT molecular complexity index is 810. The van der Waals surface area contributed by atoms with E-state index in [1.165, 1.54) is 16.7 Å². The highest BCUT2D eigenvalue weighted by atomic mass is 35.5. The molecule has 4 nitrogen and oxygen atoms in total. The zero-order chi connectivity index (χ0) is 17.1. The Kier molecular flexibility index (Phi) is 7.84. The van der Waals surface area contributed by atoms with Crippen molar-refractivity contribution < 1.29 is 0 Å². The standard InChI is InChI=1S/C21H24N4.2ClH/c1-17-7-9-19(10-8-17)21-15-22-23-25(21)20-11-13-24(14-12-20)16-18-5-3-2-4-6-18;;/h2-10,15,20H,11-14,16H2,1H3;2*1H. The van der Waals surface area contributed by atoms with Crippen molar-refractivity contribution in [2.75, 3.05) is 13.1 Å². The summed E-state index contributed by atoms with van der Waals surface area (Å²) in [5, 5.41) is 8.58. The second-order valence-electron chi connectivity index (χ2n) is 6.92. The molecular formula is C21H26Cl2N4. The number of rotatable bonds is 4. The molecule has 0 saturated carbocycles. The summed E-state index contributed by atoms with van der Waals surface area (Å²) < 4.78 is 2.13. The van der Waals surface area contributed by atoms with E-state index >= 15 is 0 Å². The summed E-state index contributed by atoms with van der Waals surface area (Å²) in [7, 11) is 0. The van der Waals surface area contributed by atoms with E-state index in [9.17, 15) is 0 Å². The molecule has 0 unspecified atom stereocenters. The normalized spacial score (nSPS) is 15.0. The molecule has 0 amide bonds. The molecule has 1 aliphatic rings. The van der Waals surface area contributed by atoms with Crippen LogP contribution in [0.4, 0.5) is 0 Å². The van der Waals surface area contributed by atoms with Crippen molar-refractivity contribution in [2.45, 2.75) is 32.4 Å². The minimum absolute atomic E-state index is 0. The summed E-state index contributed by atoms with van der Waals surface area (Å²) in [4.78, 5) is 2.54. The van der Waals surface area contributed by atoms with Crippen LogP contribution in [0, 0.1) is 6.92 Å². The number of halogens is 2. The lowest BCUT2D eigenvalue weighted by molar-refractivity contribution is 0.173. The second-order valence-corrected chi connectivity index (χ2v) is 6.92. The molecule has 3 aromatic rings. The van der Waals surface area contributed by atoms with Gasteiger partial charge in [0.1, 0.15) is 0 Å². The number of hydrogen-bond donors (Lipinski definition) is 0. The van der Waals surface area contributed by atoms with Gasteiger partial charge in [-0.05, 0) is 25.3 Å². The molecule has 1 fully saturated rings. The van der Waals surface area contributed by atoms with Crippen LogP contribution >= 0.6 is 24.8 Å². The van der Waals surface area contributed by atoms with Gasteiger partial charge in [0.25, 0.3) is 0 Å². The average Bonchev–Trinajstić information content (AvgIpc) is 3.14. The lowest BCUT2D eigenvalue weighted by Gasteiger charge is -2.32. The summed E-state index contributed by atoms with van der Waals surface area (Å²) in [5.74, 6) is 0. The van der Waals surface area contributed by atoms with Crippen molar-refractivity contribution >= 4 is 24.8 Å². The molecule has 2 aromatic carbocycles. The molecule has 2 heterocycles. The Balaban J connectivity index is 0.00000131. The highest BCUT2D eigenvalue weighted by molar-refractivity contribution is 5.85. The molecule has 1 aromatic heterocycles. The quantitative estimate of drug-likeness (QED) is 0.617. The fourth-order valence-electron chi connectivity index (χ4n) is 3.61. The SMILES string of the molecule is Cc1ccc(-c2cnnn2C2CCN(Cc3ccccc3)CC2)cc1.Cl.Cl. The lowest BCUT2D eigenvalue weighted by atomic mass is 10.0. The Morgan fingerprint density at radius 2 is 1.59 bits per heavy atom. The van der Waals surface area contributed by atoms with Crippen LogP contribution in [0.5, 0.6) is 0 Å². The van der Waals surface area contributed by atoms with E-state index in [1.54, 1.807) is 0 Å². The van der Waals surface area contributed by atoms with Gasteiger partial charge in [-0.3, -0.25) is 4.90 Å². The van der Waals surface area contributed by atoms with E-state index in [0.717, 1.165) is 38.2 Å². The van der Waals surface area contributed by atoms with Gasteiger partial charge < -0.3 is 0 Å². The number of nitrogens with zero attached hydrogens (tertiary/aromatic N) is 4. The van der Waals surface area contributed by atoms with E-state index in [-0.39, 0.29) is 24.8 Å². The topological polar surface area (TPSA) is 34.0 Å². The van der Waals surface area contributed by atoms with Crippen molar-refractivity contribution in [2.24, 2.45) is 0 Å². The van der Waals surface area contributed by atoms with Crippen LogP contribution in [0.2, 0.25) is 0 Å². The molecule has 0 spiro atoms. The molecule has 0 radical (unpaired) electrons. The van der Waals surface area contributed by atoms with Crippen LogP contribution in [0.1, 0.15) is 30.0 Å². The predicted molar refractivity (Wildman–Crippen MR) is 115 cm³/mol. The summed E-state index contributed by atoms with van der Waals surface area (Å²) in [6.07, 6.45) is 4.13. The van der Waals surface area contributed by atoms with Gasteiger partial charge in [0.15, 0.2) is 0 Å². The smallest absolute Gasteiger partial charge is 0.0888 e. The van der Waals surface area contributed by atoms with Crippen molar-refractivity contribution in [3.8, 4) is 11.3 Å². The summed E-state index contributed by atoms with van der Waals surface area (Å²) >= 11 is 0. The van der Waals surface area contributed by atoms with Gasteiger partial charge in [-0.1, -0.05) is 65.4 Å². The first kappa shape index (κ1) is 21.4. The maximum absolute atomic E-state index is 4.40. The molecule has 4 rings (SSSR count). The second kappa shape index (κ2) is 9.88. The minimum atomic E-state index is 0. The lowest BCUT2D eigenvalue weighted by Crippen LogP contribution is -2.34. The van der Waals surface area contributed by atoms with Gasteiger partial charge in [0, 0.05) is 25.2 Å². The third-order valence-electron chi connectivity index (χ3n) is 5.07. The maximum atomic E-state index is 4.40. The van der Waals surface area contributed by atoms with Crippen LogP contribution in [-0.2, 0) is 6.54 Å². The van der Waals surface area contributed by atoms with E-state index in [2.05, 4.69) is 81.4 Å². The first-order valence-electron chi connectivity index (χ1n) is 9.03. The Morgan fingerprint density at radius 3 is 2.26 bits per heavy atom. The molecular weight excluding hydrogens is 379 g/mol. The van der Waals surface area contributed by atoms with Gasteiger partial charge >= 0.3 is 0 Å². The van der Waals surface area contributed by atoms with Gasteiger partial charge in [-0.25, -0.2) is 4.68 Å². The molecule has 1 aliphatic heterocycles. The van der Waals surface area contributed by atoms with Crippen LogP contribution in [0.15, 0.2) is 60.8 Å². The Morgan fingerprint density at radius 1 is 0.926 bits per heavy atom. The third kappa shape index (κ3) is 5.10. The summed E-state index contributed by atoms with van der Waals surface area (Å²) in [6, 6.07) is 19.8. The third-order valence-corrected chi connectivity index (χ3v) is 5.07. The molecule has 0 aliphatic carbocycles. The van der Waals surface area contributed by atoms with Crippen molar-refractivity contribution in [3.63, 3.8) is 0 Å². The number of aromatic nitrogens is 3. The molecule has 0 N–H and O–H groups in total. The Labute approximate surface area is 173 Å². The van der Waals surface area contributed by atoms with Crippen molar-refractivity contribution in [3.05, 3.63) is 71.9 Å². The highest BCUT2D eigenvalue weighted by Crippen LogP contribution is 2.28. The largest absolute Gasteiger partial charge is 0.299 e. The zero-order valence-electron chi connectivity index (χ0n) is 15.5. The van der Waals surface area contributed by atoms with Gasteiger partial charge in [-0.15, -0.1) is 29.9 Å². The van der Waals surface area contributed by atoms with Crippen LogP contribution < -0.4 is 0 Å². The average molecular weight is 405 g/mol. The van der Waals surface area contributed by atoms with Crippen molar-refractivity contribution in [1.82, 2.24) is 19.9 Å². The fraction of sp³-hybridized carbons (Fsp3) is 0.333. The van der Waals surface area contributed by atoms with E-state index in [0.29, 0.717) is 6.04 Å². The predicted octanol–water partition coefficient (Wildman–Crippen LogP) is 4.93. The van der Waals surface area contributed by atoms with E-state index < -0.39 is 0 Å². The van der Waals surface area contributed by atoms with Crippen molar-refractivity contribution in [1.29, 1.82) is 0 Å². The maximum Gasteiger partial charge on any atom is 0.0888 e. The van der Waals surface area contributed by atoms with E-state index in [4.69, 9.17) is 0 Å². The molecule has 1 saturated heterocycles. The highest BCUT2D eigenvalue weighted by Gasteiger charge is 2.23. The molecule has 144 valence electrons. The van der Waals surface area contributed by atoms with Crippen LogP contribution in [0.3, 0.4) is 0 Å². The number of piperidine rings is 1. The zero-order valence-corrected chi connectivity index (χ0v) is 17.1. The van der Waals surface area contributed by atoms with Gasteiger partial charge in [0.2, 0.25) is 0 Å². The monoisotopic (exact) mass is 404 g/mol. The van der Waals surface area contributed by atoms with Crippen LogP contribution in [0.25, 0.3) is 11.3 Å². The number of hydrogen-bond acceptors (Lipinski definition) is 3. The van der Waals surface area contributed by atoms with Gasteiger partial charge in [0.05, 0.1) is 17.9 Å². The summed E-state index contributed by atoms with van der Waals surface area (Å²) in [5.41, 5.74) is 4.99.